The second-order valence-corrected chi connectivity index (χ2v) is 7.05. The number of ether oxygens (including phenoxy) is 1. The predicted molar refractivity (Wildman–Crippen MR) is 116 cm³/mol. The van der Waals surface area contributed by atoms with Crippen LogP contribution in [0, 0.1) is 5.82 Å². The zero-order valence-electron chi connectivity index (χ0n) is 17.1. The molecule has 3 heterocycles. The number of aromatic nitrogens is 4. The van der Waals surface area contributed by atoms with Crippen LogP contribution in [0.4, 0.5) is 4.39 Å². The SMILES string of the molecule is O=C(NCCOc1ccc2nnc(-c3ccc(F)cc3)n2n1)c1cc(=O)c2ccccc2o1. The van der Waals surface area contributed by atoms with Gasteiger partial charge < -0.3 is 14.5 Å². The molecule has 9 nitrogen and oxygen atoms in total. The van der Waals surface area contributed by atoms with Gasteiger partial charge in [0.1, 0.15) is 18.0 Å². The van der Waals surface area contributed by atoms with E-state index in [0.717, 1.165) is 6.07 Å². The zero-order valence-corrected chi connectivity index (χ0v) is 17.1. The average molecular weight is 445 g/mol. The molecular weight excluding hydrogens is 429 g/mol. The molecule has 5 rings (SSSR count). The van der Waals surface area contributed by atoms with E-state index in [0.29, 0.717) is 28.0 Å². The van der Waals surface area contributed by atoms with E-state index < -0.39 is 5.91 Å². The highest BCUT2D eigenvalue weighted by Crippen LogP contribution is 2.19. The molecule has 0 saturated carbocycles. The molecule has 33 heavy (non-hydrogen) atoms. The number of benzene rings is 2. The third-order valence-electron chi connectivity index (χ3n) is 4.84. The Bertz CT molecular complexity index is 1530. The maximum Gasteiger partial charge on any atom is 0.287 e. The third kappa shape index (κ3) is 4.13. The Morgan fingerprint density at radius 2 is 1.88 bits per heavy atom. The molecule has 2 aromatic carbocycles. The van der Waals surface area contributed by atoms with Gasteiger partial charge in [-0.25, -0.2) is 4.39 Å². The minimum Gasteiger partial charge on any atom is -0.475 e. The monoisotopic (exact) mass is 445 g/mol. The van der Waals surface area contributed by atoms with Crippen molar-refractivity contribution >= 4 is 22.5 Å². The minimum absolute atomic E-state index is 0.0772. The summed E-state index contributed by atoms with van der Waals surface area (Å²) in [6.07, 6.45) is 0. The van der Waals surface area contributed by atoms with Crippen molar-refractivity contribution in [2.45, 2.75) is 0 Å². The minimum atomic E-state index is -0.526. The Morgan fingerprint density at radius 1 is 1.06 bits per heavy atom. The van der Waals surface area contributed by atoms with E-state index in [1.807, 2.05) is 0 Å². The van der Waals surface area contributed by atoms with Crippen molar-refractivity contribution in [3.05, 3.63) is 88.5 Å². The zero-order chi connectivity index (χ0) is 22.8. The van der Waals surface area contributed by atoms with Crippen LogP contribution in [-0.4, -0.2) is 38.9 Å². The molecule has 0 aliphatic carbocycles. The number of amides is 1. The van der Waals surface area contributed by atoms with Crippen LogP contribution in [0.3, 0.4) is 0 Å². The lowest BCUT2D eigenvalue weighted by Gasteiger charge is -2.08. The molecular formula is C23H16FN5O4. The van der Waals surface area contributed by atoms with Crippen molar-refractivity contribution in [1.29, 1.82) is 0 Å². The number of fused-ring (bicyclic) bond motifs is 2. The highest BCUT2D eigenvalue weighted by molar-refractivity contribution is 5.93. The average Bonchev–Trinajstić information content (AvgIpc) is 3.25. The standard InChI is InChI=1S/C23H16FN5O4/c24-15-7-5-14(6-8-15)22-27-26-20-9-10-21(28-29(20)22)32-12-11-25-23(31)19-13-17(30)16-3-1-2-4-18(16)33-19/h1-10,13H,11-12H2,(H,25,31). The van der Waals surface area contributed by atoms with Gasteiger partial charge in [0, 0.05) is 17.7 Å². The van der Waals surface area contributed by atoms with E-state index in [4.69, 9.17) is 9.15 Å². The molecule has 5 aromatic rings. The number of carbonyl (C=O) groups excluding carboxylic acids is 1. The van der Waals surface area contributed by atoms with Crippen molar-refractivity contribution in [3.63, 3.8) is 0 Å². The molecule has 0 aliphatic rings. The van der Waals surface area contributed by atoms with Gasteiger partial charge in [0.2, 0.25) is 5.88 Å². The fourth-order valence-corrected chi connectivity index (χ4v) is 3.25. The lowest BCUT2D eigenvalue weighted by Crippen LogP contribution is -2.29. The molecule has 1 amide bonds. The van der Waals surface area contributed by atoms with Crippen molar-refractivity contribution in [1.82, 2.24) is 25.1 Å². The lowest BCUT2D eigenvalue weighted by molar-refractivity contribution is 0.0919. The van der Waals surface area contributed by atoms with Gasteiger partial charge in [-0.2, -0.15) is 4.52 Å². The van der Waals surface area contributed by atoms with Gasteiger partial charge in [0.25, 0.3) is 5.91 Å². The highest BCUT2D eigenvalue weighted by atomic mass is 19.1. The van der Waals surface area contributed by atoms with E-state index in [1.54, 1.807) is 48.5 Å². The molecule has 1 N–H and O–H groups in total. The first-order chi connectivity index (χ1) is 16.1. The van der Waals surface area contributed by atoms with Gasteiger partial charge in [0.15, 0.2) is 22.7 Å². The number of rotatable bonds is 6. The highest BCUT2D eigenvalue weighted by Gasteiger charge is 2.13. The van der Waals surface area contributed by atoms with Gasteiger partial charge in [0.05, 0.1) is 11.9 Å². The van der Waals surface area contributed by atoms with E-state index in [2.05, 4.69) is 20.6 Å². The summed E-state index contributed by atoms with van der Waals surface area (Å²) in [5.74, 6) is -0.226. The fraction of sp³-hybridized carbons (Fsp3) is 0.0870. The number of hydrogen-bond donors (Lipinski definition) is 1. The van der Waals surface area contributed by atoms with Gasteiger partial charge in [-0.15, -0.1) is 15.3 Å². The third-order valence-corrected chi connectivity index (χ3v) is 4.84. The lowest BCUT2D eigenvalue weighted by atomic mass is 10.2. The first kappa shape index (κ1) is 20.3. The number of halogens is 1. The number of hydrogen-bond acceptors (Lipinski definition) is 7. The summed E-state index contributed by atoms with van der Waals surface area (Å²) >= 11 is 0. The van der Waals surface area contributed by atoms with Crippen molar-refractivity contribution in [3.8, 4) is 17.3 Å². The summed E-state index contributed by atoms with van der Waals surface area (Å²) in [6, 6.07) is 17.0. The molecule has 164 valence electrons. The van der Waals surface area contributed by atoms with Crippen LogP contribution in [0.2, 0.25) is 0 Å². The second kappa shape index (κ2) is 8.50. The van der Waals surface area contributed by atoms with Gasteiger partial charge >= 0.3 is 0 Å². The summed E-state index contributed by atoms with van der Waals surface area (Å²) in [6.45, 7) is 0.276. The summed E-state index contributed by atoms with van der Waals surface area (Å²) in [4.78, 5) is 24.5. The Hall–Kier alpha value is -4.60. The molecule has 0 atom stereocenters. The number of carbonyl (C=O) groups is 1. The summed E-state index contributed by atoms with van der Waals surface area (Å²) in [5, 5.41) is 15.6. The predicted octanol–water partition coefficient (Wildman–Crippen LogP) is 2.85. The van der Waals surface area contributed by atoms with Gasteiger partial charge in [-0.3, -0.25) is 9.59 Å². The van der Waals surface area contributed by atoms with Crippen LogP contribution < -0.4 is 15.5 Å². The van der Waals surface area contributed by atoms with Crippen LogP contribution in [0.25, 0.3) is 28.0 Å². The number of para-hydroxylation sites is 1. The van der Waals surface area contributed by atoms with E-state index in [-0.39, 0.29) is 36.0 Å². The maximum atomic E-state index is 13.2. The number of nitrogens with one attached hydrogen (secondary N) is 1. The Kier molecular flexibility index (Phi) is 5.23. The molecule has 0 bridgehead atoms. The van der Waals surface area contributed by atoms with E-state index in [9.17, 15) is 14.0 Å². The smallest absolute Gasteiger partial charge is 0.287 e. The van der Waals surface area contributed by atoms with E-state index in [1.165, 1.54) is 16.6 Å². The molecule has 0 fully saturated rings. The normalized spacial score (nSPS) is 11.1. The largest absolute Gasteiger partial charge is 0.475 e. The molecule has 0 spiro atoms. The maximum absolute atomic E-state index is 13.2. The van der Waals surface area contributed by atoms with Crippen molar-refractivity contribution < 1.29 is 18.3 Å². The quantitative estimate of drug-likeness (QED) is 0.400. The van der Waals surface area contributed by atoms with E-state index >= 15 is 0 Å². The Morgan fingerprint density at radius 3 is 2.73 bits per heavy atom. The van der Waals surface area contributed by atoms with Gasteiger partial charge in [-0.1, -0.05) is 12.1 Å². The second-order valence-electron chi connectivity index (χ2n) is 7.05. The first-order valence-electron chi connectivity index (χ1n) is 10.0. The summed E-state index contributed by atoms with van der Waals surface area (Å²) in [5.41, 5.74) is 1.20. The van der Waals surface area contributed by atoms with Gasteiger partial charge in [-0.05, 0) is 42.5 Å². The molecule has 10 heteroatoms. The van der Waals surface area contributed by atoms with Crippen LogP contribution in [0.5, 0.6) is 5.88 Å². The fourth-order valence-electron chi connectivity index (χ4n) is 3.25. The first-order valence-corrected chi connectivity index (χ1v) is 10.0. The Labute approximate surface area is 185 Å². The van der Waals surface area contributed by atoms with Crippen LogP contribution in [0.15, 0.2) is 75.9 Å². The van der Waals surface area contributed by atoms with Crippen LogP contribution in [0.1, 0.15) is 10.6 Å². The molecule has 0 unspecified atom stereocenters. The molecule has 0 radical (unpaired) electrons. The van der Waals surface area contributed by atoms with Crippen molar-refractivity contribution in [2.75, 3.05) is 13.2 Å². The molecule has 0 saturated heterocycles. The van der Waals surface area contributed by atoms with Crippen LogP contribution >= 0.6 is 0 Å². The summed E-state index contributed by atoms with van der Waals surface area (Å²) in [7, 11) is 0. The molecule has 0 aliphatic heterocycles. The van der Waals surface area contributed by atoms with Crippen LogP contribution in [-0.2, 0) is 0 Å². The summed E-state index contributed by atoms with van der Waals surface area (Å²) < 4.78 is 25.8. The number of nitrogens with zero attached hydrogens (tertiary/aromatic N) is 4. The molecule has 3 aromatic heterocycles. The Balaban J connectivity index is 1.24. The topological polar surface area (TPSA) is 112 Å². The van der Waals surface area contributed by atoms with Crippen molar-refractivity contribution in [2.24, 2.45) is 0 Å².